The summed E-state index contributed by atoms with van der Waals surface area (Å²) in [5, 5.41) is 3.10. The van der Waals surface area contributed by atoms with Crippen LogP contribution in [-0.4, -0.2) is 26.0 Å². The van der Waals surface area contributed by atoms with Gasteiger partial charge in [0.05, 0.1) is 12.5 Å². The number of nitrogens with zero attached hydrogens (tertiary/aromatic N) is 4. The summed E-state index contributed by atoms with van der Waals surface area (Å²) in [4.78, 5) is 8.48. The van der Waals surface area contributed by atoms with Crippen LogP contribution in [0.15, 0.2) is 42.0 Å². The lowest BCUT2D eigenvalue weighted by Gasteiger charge is -2.16. The molecule has 1 aromatic carbocycles. The van der Waals surface area contributed by atoms with E-state index in [0.29, 0.717) is 17.8 Å². The molecule has 0 amide bonds. The highest BCUT2D eigenvalue weighted by Gasteiger charge is 2.29. The molecule has 0 saturated heterocycles. The van der Waals surface area contributed by atoms with Gasteiger partial charge < -0.3 is 15.0 Å². The van der Waals surface area contributed by atoms with Crippen LogP contribution in [0.2, 0.25) is 5.28 Å². The average Bonchev–Trinajstić information content (AvgIpc) is 3.47. The predicted molar refractivity (Wildman–Crippen MR) is 117 cm³/mol. The Bertz CT molecular complexity index is 1170. The Morgan fingerprint density at radius 3 is 2.90 bits per heavy atom. The maximum Gasteiger partial charge on any atom is 0.226 e. The second-order valence-electron chi connectivity index (χ2n) is 7.41. The highest BCUT2D eigenvalue weighted by molar-refractivity contribution is 7.03. The Morgan fingerprint density at radius 2 is 2.10 bits per heavy atom. The second kappa shape index (κ2) is 7.31. The molecule has 1 aliphatic carbocycles. The van der Waals surface area contributed by atoms with Crippen LogP contribution in [0.3, 0.4) is 0 Å². The second-order valence-corrected chi connectivity index (χ2v) is 8.41. The molecule has 1 fully saturated rings. The summed E-state index contributed by atoms with van der Waals surface area (Å²) in [6, 6.07) is 8.81. The van der Waals surface area contributed by atoms with Crippen LogP contribution in [0, 0.1) is 0 Å². The van der Waals surface area contributed by atoms with Gasteiger partial charge in [-0.25, -0.2) is 9.36 Å². The summed E-state index contributed by atoms with van der Waals surface area (Å²) in [5.74, 6) is 1.76. The van der Waals surface area contributed by atoms with Gasteiger partial charge in [0.1, 0.15) is 17.2 Å². The average molecular weight is 426 g/mol. The zero-order valence-corrected chi connectivity index (χ0v) is 17.5. The first-order valence-corrected chi connectivity index (χ1v) is 10.7. The van der Waals surface area contributed by atoms with E-state index in [2.05, 4.69) is 42.5 Å². The zero-order chi connectivity index (χ0) is 20.0. The Hall–Kier alpha value is -2.64. The molecule has 4 aromatic rings. The molecule has 6 nitrogen and oxygen atoms in total. The molecular formula is C21H20ClN5OS. The number of ether oxygens (including phenoxy) is 1. The van der Waals surface area contributed by atoms with Crippen molar-refractivity contribution in [3.05, 3.63) is 52.9 Å². The van der Waals surface area contributed by atoms with Crippen LogP contribution < -0.4 is 10.5 Å². The summed E-state index contributed by atoms with van der Waals surface area (Å²) in [6.07, 6.45) is 7.16. The van der Waals surface area contributed by atoms with Gasteiger partial charge in [-0.1, -0.05) is 6.07 Å². The summed E-state index contributed by atoms with van der Waals surface area (Å²) in [6.45, 7) is 0. The maximum atomic E-state index is 6.05. The minimum Gasteiger partial charge on any atom is -0.497 e. The molecule has 3 heterocycles. The molecule has 8 heteroatoms. The first-order valence-electron chi connectivity index (χ1n) is 9.50. The number of hydrogen-bond acceptors (Lipinski definition) is 6. The third-order valence-corrected chi connectivity index (χ3v) is 6.53. The molecule has 29 heavy (non-hydrogen) atoms. The smallest absolute Gasteiger partial charge is 0.226 e. The van der Waals surface area contributed by atoms with Gasteiger partial charge in [-0.15, -0.1) is 0 Å². The van der Waals surface area contributed by atoms with E-state index in [9.17, 15) is 0 Å². The fourth-order valence-corrected chi connectivity index (χ4v) is 5.04. The van der Waals surface area contributed by atoms with Crippen molar-refractivity contribution in [2.45, 2.75) is 31.2 Å². The number of anilines is 1. The van der Waals surface area contributed by atoms with Gasteiger partial charge in [0.2, 0.25) is 5.28 Å². The minimum atomic E-state index is 0.186. The van der Waals surface area contributed by atoms with Gasteiger partial charge in [0.25, 0.3) is 0 Å². The normalized spacial score (nSPS) is 19.1. The first kappa shape index (κ1) is 18.4. The largest absolute Gasteiger partial charge is 0.497 e. The summed E-state index contributed by atoms with van der Waals surface area (Å²) < 4.78 is 12.0. The standard InChI is InChI=1S/C21H20ClN5OS/c1-28-17-8-13(6-14(9-17)15-10-24-29-11-15)12-2-3-16(7-12)27-5-4-18-19(23)25-21(22)26-20(18)27/h4-6,8-12,16H,2-3,7H2,1H3,(H2,23,25,26). The monoisotopic (exact) mass is 425 g/mol. The lowest BCUT2D eigenvalue weighted by atomic mass is 9.94. The Morgan fingerprint density at radius 1 is 1.21 bits per heavy atom. The number of halogens is 1. The summed E-state index contributed by atoms with van der Waals surface area (Å²) in [7, 11) is 1.71. The molecule has 1 aliphatic rings. The van der Waals surface area contributed by atoms with Crippen molar-refractivity contribution < 1.29 is 4.74 Å². The number of methoxy groups -OCH3 is 1. The van der Waals surface area contributed by atoms with E-state index in [1.165, 1.54) is 17.1 Å². The number of nitrogen functional groups attached to an aromatic ring is 1. The molecule has 5 rings (SSSR count). The highest BCUT2D eigenvalue weighted by Crippen LogP contribution is 2.44. The lowest BCUT2D eigenvalue weighted by molar-refractivity contribution is 0.414. The van der Waals surface area contributed by atoms with Crippen molar-refractivity contribution in [2.75, 3.05) is 12.8 Å². The van der Waals surface area contributed by atoms with Gasteiger partial charge in [-0.05, 0) is 77.6 Å². The molecule has 3 aromatic heterocycles. The van der Waals surface area contributed by atoms with Crippen molar-refractivity contribution >= 4 is 40.0 Å². The van der Waals surface area contributed by atoms with Crippen molar-refractivity contribution in [2.24, 2.45) is 0 Å². The highest BCUT2D eigenvalue weighted by atomic mass is 35.5. The van der Waals surface area contributed by atoms with Gasteiger partial charge in [0, 0.05) is 29.4 Å². The Kier molecular flexibility index (Phi) is 4.64. The van der Waals surface area contributed by atoms with Crippen LogP contribution in [0.5, 0.6) is 5.75 Å². The molecule has 2 N–H and O–H groups in total. The molecule has 0 bridgehead atoms. The maximum absolute atomic E-state index is 6.05. The van der Waals surface area contributed by atoms with Gasteiger partial charge in [-0.2, -0.15) is 4.98 Å². The zero-order valence-electron chi connectivity index (χ0n) is 15.9. The van der Waals surface area contributed by atoms with E-state index in [1.54, 1.807) is 7.11 Å². The van der Waals surface area contributed by atoms with Gasteiger partial charge in [-0.3, -0.25) is 0 Å². The van der Waals surface area contributed by atoms with E-state index < -0.39 is 0 Å². The third kappa shape index (κ3) is 3.34. The molecule has 2 unspecified atom stereocenters. The first-order chi connectivity index (χ1) is 14.1. The van der Waals surface area contributed by atoms with Gasteiger partial charge in [0.15, 0.2) is 0 Å². The van der Waals surface area contributed by atoms with E-state index >= 15 is 0 Å². The Balaban J connectivity index is 1.46. The quantitative estimate of drug-likeness (QED) is 0.448. The number of benzene rings is 1. The molecule has 1 saturated carbocycles. The predicted octanol–water partition coefficient (Wildman–Crippen LogP) is 5.31. The molecule has 2 atom stereocenters. The van der Waals surface area contributed by atoms with Crippen molar-refractivity contribution in [1.82, 2.24) is 18.9 Å². The van der Waals surface area contributed by atoms with Crippen molar-refractivity contribution in [3.63, 3.8) is 0 Å². The molecule has 148 valence electrons. The van der Waals surface area contributed by atoms with Crippen LogP contribution >= 0.6 is 23.1 Å². The molecule has 0 aliphatic heterocycles. The molecule has 0 radical (unpaired) electrons. The number of fused-ring (bicyclic) bond motifs is 1. The van der Waals surface area contributed by atoms with Crippen LogP contribution in [0.4, 0.5) is 5.82 Å². The number of hydrogen-bond donors (Lipinski definition) is 1. The van der Waals surface area contributed by atoms with Crippen LogP contribution in [0.25, 0.3) is 22.2 Å². The van der Waals surface area contributed by atoms with Crippen LogP contribution in [0.1, 0.15) is 36.8 Å². The van der Waals surface area contributed by atoms with Crippen molar-refractivity contribution in [3.8, 4) is 16.9 Å². The number of rotatable bonds is 4. The van der Waals surface area contributed by atoms with Gasteiger partial charge >= 0.3 is 0 Å². The van der Waals surface area contributed by atoms with E-state index in [4.69, 9.17) is 22.1 Å². The van der Waals surface area contributed by atoms with E-state index in [1.807, 2.05) is 18.5 Å². The number of nitrogens with two attached hydrogens (primary N) is 1. The summed E-state index contributed by atoms with van der Waals surface area (Å²) in [5.41, 5.74) is 10.4. The lowest BCUT2D eigenvalue weighted by Crippen LogP contribution is -2.06. The third-order valence-electron chi connectivity index (χ3n) is 5.77. The fourth-order valence-electron chi connectivity index (χ4n) is 4.33. The molecule has 0 spiro atoms. The topological polar surface area (TPSA) is 78.9 Å². The van der Waals surface area contributed by atoms with Crippen molar-refractivity contribution in [1.29, 1.82) is 0 Å². The minimum absolute atomic E-state index is 0.186. The fraction of sp³-hybridized carbons (Fsp3) is 0.286. The van der Waals surface area contributed by atoms with E-state index in [0.717, 1.165) is 47.2 Å². The molecular weight excluding hydrogens is 406 g/mol. The van der Waals surface area contributed by atoms with E-state index in [-0.39, 0.29) is 5.28 Å². The SMILES string of the molecule is COc1cc(-c2cnsc2)cc(C2CCC(n3ccc4c(N)nc(Cl)nc43)C2)c1. The van der Waals surface area contributed by atoms with Crippen LogP contribution in [-0.2, 0) is 0 Å². The Labute approximate surface area is 177 Å². The summed E-state index contributed by atoms with van der Waals surface area (Å²) >= 11 is 7.51. The number of aromatic nitrogens is 4.